The Balaban J connectivity index is 1.61. The maximum atomic E-state index is 12.9. The molecule has 3 aromatic carbocycles. The fraction of sp³-hybridized carbons (Fsp3) is 0.100. The summed E-state index contributed by atoms with van der Waals surface area (Å²) in [7, 11) is 0. The van der Waals surface area contributed by atoms with Gasteiger partial charge < -0.3 is 5.32 Å². The fourth-order valence-electron chi connectivity index (χ4n) is 2.50. The van der Waals surface area contributed by atoms with Gasteiger partial charge >= 0.3 is 0 Å². The molecule has 25 heavy (non-hydrogen) atoms. The number of hydrazone groups is 1. The van der Waals surface area contributed by atoms with Crippen LogP contribution in [0.2, 0.25) is 0 Å². The fourth-order valence-corrected chi connectivity index (χ4v) is 2.50. The third-order valence-corrected chi connectivity index (χ3v) is 3.84. The summed E-state index contributed by atoms with van der Waals surface area (Å²) in [6, 6.07) is 19.8. The summed E-state index contributed by atoms with van der Waals surface area (Å²) in [5, 5.41) is 9.35. The maximum absolute atomic E-state index is 12.9. The second kappa shape index (κ2) is 7.57. The summed E-state index contributed by atoms with van der Waals surface area (Å²) < 4.78 is 12.9. The number of carbonyl (C=O) groups excluding carboxylic acids is 1. The molecule has 0 heterocycles. The Labute approximate surface area is 145 Å². The SMILES string of the molecule is CC(=NNC(=O)CNc1cccc2ccccc12)c1ccc(F)cc1. The highest BCUT2D eigenvalue weighted by Gasteiger charge is 2.04. The van der Waals surface area contributed by atoms with E-state index < -0.39 is 0 Å². The number of hydrogen-bond donors (Lipinski definition) is 2. The van der Waals surface area contributed by atoms with Crippen LogP contribution in [0.4, 0.5) is 10.1 Å². The Morgan fingerprint density at radius 2 is 1.72 bits per heavy atom. The minimum absolute atomic E-state index is 0.105. The lowest BCUT2D eigenvalue weighted by Crippen LogP contribution is -2.26. The number of carbonyl (C=O) groups is 1. The van der Waals surface area contributed by atoms with Crippen LogP contribution in [0.1, 0.15) is 12.5 Å². The lowest BCUT2D eigenvalue weighted by molar-refractivity contribution is -0.119. The number of nitrogens with zero attached hydrogens (tertiary/aromatic N) is 1. The minimum Gasteiger partial charge on any atom is -0.376 e. The molecule has 0 spiro atoms. The monoisotopic (exact) mass is 335 g/mol. The van der Waals surface area contributed by atoms with Gasteiger partial charge in [-0.3, -0.25) is 4.79 Å². The first-order valence-electron chi connectivity index (χ1n) is 7.94. The second-order valence-electron chi connectivity index (χ2n) is 5.62. The van der Waals surface area contributed by atoms with E-state index in [0.29, 0.717) is 5.71 Å². The van der Waals surface area contributed by atoms with Crippen molar-refractivity contribution in [2.45, 2.75) is 6.92 Å². The smallest absolute Gasteiger partial charge is 0.259 e. The van der Waals surface area contributed by atoms with Crippen LogP contribution in [0, 0.1) is 5.82 Å². The zero-order chi connectivity index (χ0) is 17.6. The summed E-state index contributed by atoms with van der Waals surface area (Å²) >= 11 is 0. The number of anilines is 1. The molecule has 0 aliphatic carbocycles. The van der Waals surface area contributed by atoms with Gasteiger partial charge in [0, 0.05) is 11.1 Å². The quantitative estimate of drug-likeness (QED) is 0.548. The summed E-state index contributed by atoms with van der Waals surface area (Å²) in [6.07, 6.45) is 0. The number of hydrogen-bond acceptors (Lipinski definition) is 3. The van der Waals surface area contributed by atoms with E-state index in [-0.39, 0.29) is 18.3 Å². The molecular weight excluding hydrogens is 317 g/mol. The van der Waals surface area contributed by atoms with Crippen molar-refractivity contribution >= 4 is 28.1 Å². The van der Waals surface area contributed by atoms with E-state index in [2.05, 4.69) is 15.8 Å². The van der Waals surface area contributed by atoms with Gasteiger partial charge in [0.05, 0.1) is 12.3 Å². The topological polar surface area (TPSA) is 53.5 Å². The zero-order valence-electron chi connectivity index (χ0n) is 13.8. The number of halogens is 1. The normalized spacial score (nSPS) is 11.4. The van der Waals surface area contributed by atoms with Crippen LogP contribution in [0.3, 0.4) is 0 Å². The van der Waals surface area contributed by atoms with E-state index >= 15 is 0 Å². The Morgan fingerprint density at radius 3 is 2.52 bits per heavy atom. The third kappa shape index (κ3) is 4.20. The molecule has 3 rings (SSSR count). The van der Waals surface area contributed by atoms with Crippen molar-refractivity contribution in [3.63, 3.8) is 0 Å². The summed E-state index contributed by atoms with van der Waals surface area (Å²) in [5.74, 6) is -0.561. The standard InChI is InChI=1S/C20H18FN3O/c1-14(15-9-11-17(21)12-10-15)23-24-20(25)13-22-19-8-4-6-16-5-2-3-7-18(16)19/h2-12,22H,13H2,1H3,(H,24,25). The maximum Gasteiger partial charge on any atom is 0.259 e. The molecule has 0 saturated carbocycles. The molecule has 4 nitrogen and oxygen atoms in total. The number of rotatable bonds is 5. The molecular formula is C20H18FN3O. The molecule has 0 radical (unpaired) electrons. The van der Waals surface area contributed by atoms with Gasteiger partial charge in [-0.1, -0.05) is 48.5 Å². The number of amides is 1. The average molecular weight is 335 g/mol. The first kappa shape index (κ1) is 16.6. The lowest BCUT2D eigenvalue weighted by atomic mass is 10.1. The average Bonchev–Trinajstić information content (AvgIpc) is 2.65. The Bertz CT molecular complexity index is 914. The van der Waals surface area contributed by atoms with Gasteiger partial charge in [0.15, 0.2) is 0 Å². The molecule has 0 fully saturated rings. The van der Waals surface area contributed by atoms with Crippen LogP contribution in [0.15, 0.2) is 71.8 Å². The van der Waals surface area contributed by atoms with Gasteiger partial charge in [0.1, 0.15) is 5.82 Å². The highest BCUT2D eigenvalue weighted by molar-refractivity contribution is 5.99. The zero-order valence-corrected chi connectivity index (χ0v) is 13.8. The van der Waals surface area contributed by atoms with Crippen LogP contribution in [-0.4, -0.2) is 18.2 Å². The molecule has 0 aliphatic heterocycles. The third-order valence-electron chi connectivity index (χ3n) is 3.84. The molecule has 0 atom stereocenters. The van der Waals surface area contributed by atoms with Crippen LogP contribution < -0.4 is 10.7 Å². The molecule has 0 aliphatic rings. The molecule has 2 N–H and O–H groups in total. The summed E-state index contributed by atoms with van der Waals surface area (Å²) in [5.41, 5.74) is 4.77. The van der Waals surface area contributed by atoms with Crippen LogP contribution in [0.5, 0.6) is 0 Å². The number of nitrogens with one attached hydrogen (secondary N) is 2. The van der Waals surface area contributed by atoms with Gasteiger partial charge in [0.2, 0.25) is 0 Å². The van der Waals surface area contributed by atoms with Gasteiger partial charge in [-0.2, -0.15) is 5.10 Å². The lowest BCUT2D eigenvalue weighted by Gasteiger charge is -2.09. The first-order chi connectivity index (χ1) is 12.1. The highest BCUT2D eigenvalue weighted by atomic mass is 19.1. The molecule has 0 bridgehead atoms. The van der Waals surface area contributed by atoms with Crippen LogP contribution in [-0.2, 0) is 4.79 Å². The van der Waals surface area contributed by atoms with Gasteiger partial charge in [-0.05, 0) is 36.1 Å². The van der Waals surface area contributed by atoms with Crippen molar-refractivity contribution < 1.29 is 9.18 Å². The van der Waals surface area contributed by atoms with Crippen molar-refractivity contribution in [3.8, 4) is 0 Å². The van der Waals surface area contributed by atoms with Gasteiger partial charge in [-0.15, -0.1) is 0 Å². The van der Waals surface area contributed by atoms with Crippen molar-refractivity contribution in [1.82, 2.24) is 5.43 Å². The molecule has 0 aromatic heterocycles. The molecule has 0 unspecified atom stereocenters. The van der Waals surface area contributed by atoms with Gasteiger partial charge in [0.25, 0.3) is 5.91 Å². The van der Waals surface area contributed by atoms with Crippen LogP contribution >= 0.6 is 0 Å². The molecule has 5 heteroatoms. The van der Waals surface area contributed by atoms with Crippen molar-refractivity contribution in [3.05, 3.63) is 78.1 Å². The van der Waals surface area contributed by atoms with E-state index in [1.165, 1.54) is 12.1 Å². The Morgan fingerprint density at radius 1 is 1.00 bits per heavy atom. The largest absolute Gasteiger partial charge is 0.376 e. The summed E-state index contributed by atoms with van der Waals surface area (Å²) in [4.78, 5) is 12.0. The predicted molar refractivity (Wildman–Crippen MR) is 99.2 cm³/mol. The molecule has 126 valence electrons. The molecule has 3 aromatic rings. The van der Waals surface area contributed by atoms with E-state index in [4.69, 9.17) is 0 Å². The van der Waals surface area contributed by atoms with E-state index in [9.17, 15) is 9.18 Å². The summed E-state index contributed by atoms with van der Waals surface area (Å²) in [6.45, 7) is 1.86. The van der Waals surface area contributed by atoms with Crippen molar-refractivity contribution in [2.24, 2.45) is 5.10 Å². The molecule has 1 amide bonds. The van der Waals surface area contributed by atoms with E-state index in [1.807, 2.05) is 42.5 Å². The minimum atomic E-state index is -0.306. The van der Waals surface area contributed by atoms with Gasteiger partial charge in [-0.25, -0.2) is 9.82 Å². The number of fused-ring (bicyclic) bond motifs is 1. The predicted octanol–water partition coefficient (Wildman–Crippen LogP) is 3.93. The van der Waals surface area contributed by atoms with Crippen molar-refractivity contribution in [1.29, 1.82) is 0 Å². The Hall–Kier alpha value is -3.21. The Kier molecular flexibility index (Phi) is 5.04. The second-order valence-corrected chi connectivity index (χ2v) is 5.62. The highest BCUT2D eigenvalue weighted by Crippen LogP contribution is 2.22. The number of benzene rings is 3. The van der Waals surface area contributed by atoms with E-state index in [0.717, 1.165) is 22.0 Å². The van der Waals surface area contributed by atoms with Crippen molar-refractivity contribution in [2.75, 3.05) is 11.9 Å². The molecule has 0 saturated heterocycles. The van der Waals surface area contributed by atoms with E-state index in [1.54, 1.807) is 19.1 Å². The first-order valence-corrected chi connectivity index (χ1v) is 7.94. The van der Waals surface area contributed by atoms with Crippen LogP contribution in [0.25, 0.3) is 10.8 Å².